The topological polar surface area (TPSA) is 88.6 Å². The minimum absolute atomic E-state index is 0.300. The van der Waals surface area contributed by atoms with Crippen LogP contribution in [-0.4, -0.2) is 80.9 Å². The number of aromatic nitrogens is 2. The Morgan fingerprint density at radius 1 is 0.891 bits per heavy atom. The summed E-state index contributed by atoms with van der Waals surface area (Å²) in [5.74, 6) is 6.07. The molecule has 0 unspecified atom stereocenters. The lowest BCUT2D eigenvalue weighted by Gasteiger charge is -2.19. The van der Waals surface area contributed by atoms with Crippen LogP contribution in [0.3, 0.4) is 0 Å². The summed E-state index contributed by atoms with van der Waals surface area (Å²) in [6, 6.07) is 7.67. The number of hydrogen-bond donors (Lipinski definition) is 2. The van der Waals surface area contributed by atoms with Crippen molar-refractivity contribution >= 4 is 22.7 Å². The van der Waals surface area contributed by atoms with Crippen molar-refractivity contribution in [2.75, 3.05) is 60.0 Å². The lowest BCUT2D eigenvalue weighted by atomic mass is 9.95. The number of rotatable bonds is 17. The summed E-state index contributed by atoms with van der Waals surface area (Å²) in [4.78, 5) is 22.6. The zero-order valence-corrected chi connectivity index (χ0v) is 37.4. The van der Waals surface area contributed by atoms with Gasteiger partial charge < -0.3 is 25.0 Å². The van der Waals surface area contributed by atoms with E-state index in [9.17, 15) is 4.79 Å². The van der Waals surface area contributed by atoms with Gasteiger partial charge in [-0.2, -0.15) is 0 Å². The molecule has 2 N–H and O–H groups in total. The lowest BCUT2D eigenvalue weighted by Crippen LogP contribution is -2.31. The van der Waals surface area contributed by atoms with E-state index < -0.39 is 0 Å². The van der Waals surface area contributed by atoms with E-state index in [0.29, 0.717) is 5.56 Å². The smallest absolute Gasteiger partial charge is 0.338 e. The Morgan fingerprint density at radius 2 is 1.47 bits per heavy atom. The average molecular weight is 760 g/mol. The molecule has 1 aromatic heterocycles. The predicted octanol–water partition coefficient (Wildman–Crippen LogP) is 10.4. The van der Waals surface area contributed by atoms with E-state index in [-0.39, 0.29) is 5.97 Å². The number of nitrogens with one attached hydrogen (secondary N) is 2. The summed E-state index contributed by atoms with van der Waals surface area (Å²) in [5, 5.41) is 6.44. The van der Waals surface area contributed by atoms with Gasteiger partial charge in [-0.1, -0.05) is 52.0 Å². The van der Waals surface area contributed by atoms with Crippen molar-refractivity contribution in [3.05, 3.63) is 89.2 Å². The molecule has 8 nitrogen and oxygen atoms in total. The molecule has 0 spiro atoms. The minimum atomic E-state index is -0.300. The molecule has 0 aliphatic heterocycles. The second kappa shape index (κ2) is 42.3. The third-order valence-corrected chi connectivity index (χ3v) is 7.50. The predicted molar refractivity (Wildman–Crippen MR) is 242 cm³/mol. The molecular formula is C47H77N5O3. The van der Waals surface area contributed by atoms with Crippen molar-refractivity contribution in [2.45, 2.75) is 103 Å². The fourth-order valence-electron chi connectivity index (χ4n) is 4.29. The summed E-state index contributed by atoms with van der Waals surface area (Å²) in [7, 11) is 3.41. The number of esters is 1. The molecular weight excluding hydrogens is 683 g/mol. The molecule has 0 bridgehead atoms. The van der Waals surface area contributed by atoms with E-state index in [1.807, 2.05) is 86.7 Å². The normalized spacial score (nSPS) is 10.8. The lowest BCUT2D eigenvalue weighted by molar-refractivity contribution is 0.0600. The molecule has 0 amide bonds. The van der Waals surface area contributed by atoms with Crippen LogP contribution in [0.2, 0.25) is 0 Å². The Morgan fingerprint density at radius 3 is 1.95 bits per heavy atom. The summed E-state index contributed by atoms with van der Waals surface area (Å²) < 4.78 is 10.3. The second-order valence-electron chi connectivity index (χ2n) is 11.5. The number of hydrogen-bond acceptors (Lipinski definition) is 8. The number of ether oxygens (including phenoxy) is 2. The number of unbranched alkanes of at least 4 members (excludes halogenated alkanes) is 1. The number of benzene rings is 1. The third-order valence-electron chi connectivity index (χ3n) is 7.50. The van der Waals surface area contributed by atoms with Gasteiger partial charge in [-0.25, -0.2) is 14.8 Å². The maximum atomic E-state index is 11.9. The summed E-state index contributed by atoms with van der Waals surface area (Å²) in [6.45, 7) is 32.7. The molecule has 308 valence electrons. The summed E-state index contributed by atoms with van der Waals surface area (Å²) >= 11 is 0. The van der Waals surface area contributed by atoms with E-state index in [1.165, 1.54) is 25.6 Å². The van der Waals surface area contributed by atoms with Gasteiger partial charge in [-0.05, 0) is 154 Å². The maximum Gasteiger partial charge on any atom is 0.338 e. The van der Waals surface area contributed by atoms with Gasteiger partial charge in [0, 0.05) is 32.0 Å². The van der Waals surface area contributed by atoms with E-state index in [4.69, 9.17) is 9.47 Å². The van der Waals surface area contributed by atoms with E-state index in [2.05, 4.69) is 95.3 Å². The Kier molecular flexibility index (Phi) is 44.0. The number of nitrogens with zero attached hydrogens (tertiary/aromatic N) is 3. The molecule has 0 fully saturated rings. The molecule has 0 saturated carbocycles. The van der Waals surface area contributed by atoms with Crippen molar-refractivity contribution in [2.24, 2.45) is 0 Å². The molecule has 55 heavy (non-hydrogen) atoms. The van der Waals surface area contributed by atoms with E-state index in [1.54, 1.807) is 26.2 Å². The van der Waals surface area contributed by atoms with Crippen LogP contribution in [0.4, 0.5) is 0 Å². The molecule has 0 atom stereocenters. The number of allylic oxidation sites excluding steroid dienone is 7. The van der Waals surface area contributed by atoms with Crippen molar-refractivity contribution < 1.29 is 14.3 Å². The zero-order chi connectivity index (χ0) is 42.9. The van der Waals surface area contributed by atoms with Gasteiger partial charge >= 0.3 is 5.97 Å². The number of carbonyl (C=O) groups is 1. The first-order valence-electron chi connectivity index (χ1n) is 19.5. The first kappa shape index (κ1) is 57.3. The van der Waals surface area contributed by atoms with Gasteiger partial charge in [0.1, 0.15) is 0 Å². The SMILES string of the molecule is C#CC.C#CC.C/C=C(\C)c1ccc(C(=O)OC)c(/C(C)=C/CNCC)c1.C/C=C(\C)c1ncccn1.CC.CCO/C(C)=C/CCCN(CC)CCNC. The Labute approximate surface area is 338 Å². The van der Waals surface area contributed by atoms with Gasteiger partial charge in [0.2, 0.25) is 0 Å². The van der Waals surface area contributed by atoms with E-state index in [0.717, 1.165) is 79.6 Å². The van der Waals surface area contributed by atoms with Crippen molar-refractivity contribution in [3.63, 3.8) is 0 Å². The van der Waals surface area contributed by atoms with Gasteiger partial charge in [-0.3, -0.25) is 0 Å². The average Bonchev–Trinajstić information content (AvgIpc) is 3.21. The van der Waals surface area contributed by atoms with Crippen LogP contribution in [0.25, 0.3) is 16.7 Å². The largest absolute Gasteiger partial charge is 0.499 e. The van der Waals surface area contributed by atoms with Crippen LogP contribution in [0.1, 0.15) is 130 Å². The Balaban J connectivity index is -0.000000337. The number of terminal acetylenes is 2. The van der Waals surface area contributed by atoms with E-state index >= 15 is 0 Å². The number of methoxy groups -OCH3 is 1. The zero-order valence-electron chi connectivity index (χ0n) is 37.4. The van der Waals surface area contributed by atoms with Crippen molar-refractivity contribution in [1.29, 1.82) is 0 Å². The summed E-state index contributed by atoms with van der Waals surface area (Å²) in [5.41, 5.74) is 6.03. The van der Waals surface area contributed by atoms with Crippen LogP contribution in [0, 0.1) is 24.7 Å². The number of carbonyl (C=O) groups excluding carboxylic acids is 1. The fourth-order valence-corrected chi connectivity index (χ4v) is 4.29. The Bertz CT molecular complexity index is 1420. The van der Waals surface area contributed by atoms with Crippen LogP contribution >= 0.6 is 0 Å². The molecule has 2 aromatic rings. The van der Waals surface area contributed by atoms with Gasteiger partial charge in [-0.15, -0.1) is 24.7 Å². The monoisotopic (exact) mass is 760 g/mol. The van der Waals surface area contributed by atoms with Crippen LogP contribution < -0.4 is 10.6 Å². The molecule has 0 aliphatic carbocycles. The van der Waals surface area contributed by atoms with Crippen LogP contribution in [-0.2, 0) is 9.47 Å². The highest BCUT2D eigenvalue weighted by Crippen LogP contribution is 2.25. The van der Waals surface area contributed by atoms with Crippen LogP contribution in [0.5, 0.6) is 0 Å². The van der Waals surface area contributed by atoms with Gasteiger partial charge in [0.15, 0.2) is 5.82 Å². The Hall–Kier alpha value is -4.47. The highest BCUT2D eigenvalue weighted by atomic mass is 16.5. The molecule has 1 heterocycles. The summed E-state index contributed by atoms with van der Waals surface area (Å²) in [6.07, 6.45) is 23.4. The molecule has 2 rings (SSSR count). The maximum absolute atomic E-state index is 11.9. The molecule has 1 aromatic carbocycles. The molecule has 0 radical (unpaired) electrons. The van der Waals surface area contributed by atoms with Crippen molar-refractivity contribution in [1.82, 2.24) is 25.5 Å². The third kappa shape index (κ3) is 31.6. The van der Waals surface area contributed by atoms with Crippen molar-refractivity contribution in [3.8, 4) is 24.7 Å². The standard InChI is InChI=1S/C18H25NO2.C13H28N2O.C8H10N2.2C3H4.C2H6/c1-6-13(3)15-8-9-16(18(20)21-5)17(12-15)14(4)10-11-19-7-2;1-5-15(12-10-14-4)11-8-7-9-13(3)16-6-2;1-3-7(2)8-9-5-4-6-10-8;2*1-3-2;1-2/h6,8-10,12,19H,7,11H2,1-5H3;9,14H,5-8,10-12H2,1-4H3;3-6H,1-2H3;2*1H,2H3;1-2H3/b13-6+,14-10+;13-9+;7-3+;;;. The minimum Gasteiger partial charge on any atom is -0.499 e. The fraction of sp³-hybridized carbons (Fsp3) is 0.511. The number of likely N-dealkylation sites (N-methyl/N-ethyl adjacent to an activating group) is 3. The van der Waals surface area contributed by atoms with Crippen LogP contribution in [0.15, 0.2) is 66.7 Å². The highest BCUT2D eigenvalue weighted by molar-refractivity contribution is 5.96. The second-order valence-corrected chi connectivity index (χ2v) is 11.5. The molecule has 0 aliphatic rings. The quantitative estimate of drug-likeness (QED) is 0.0713. The van der Waals surface area contributed by atoms with Gasteiger partial charge in [0.05, 0.1) is 25.0 Å². The highest BCUT2D eigenvalue weighted by Gasteiger charge is 2.14. The van der Waals surface area contributed by atoms with Gasteiger partial charge in [0.25, 0.3) is 0 Å². The first-order chi connectivity index (χ1) is 26.5. The molecule has 0 saturated heterocycles. The first-order valence-corrected chi connectivity index (χ1v) is 19.5. The molecule has 8 heteroatoms.